The number of ether oxygens (including phenoxy) is 1. The highest BCUT2D eigenvalue weighted by atomic mass is 16.5. The van der Waals surface area contributed by atoms with Crippen molar-refractivity contribution in [2.45, 2.75) is 13.2 Å². The summed E-state index contributed by atoms with van der Waals surface area (Å²) in [6, 6.07) is 15.7. The second-order valence-corrected chi connectivity index (χ2v) is 6.43. The van der Waals surface area contributed by atoms with Crippen LogP contribution in [0.5, 0.6) is 5.75 Å². The lowest BCUT2D eigenvalue weighted by Gasteiger charge is -2.17. The number of rotatable bonds is 5. The molecule has 0 amide bonds. The molecule has 0 saturated heterocycles. The molecule has 0 spiro atoms. The normalized spacial score (nSPS) is 15.2. The SMILES string of the molecule is Cc1cccc(Nc2cc(Nc3cccc4c3OC(CO)N4C)ncn2)c1. The standard InChI is InChI=1S/C20H21N5O2/c1-13-5-3-6-14(9-13)23-17-10-18(22-12-21-17)24-15-7-4-8-16-20(15)27-19(11-26)25(16)2/h3-10,12,19,26H,11H2,1-2H3,(H2,21,22,23,24). The summed E-state index contributed by atoms with van der Waals surface area (Å²) in [5.74, 6) is 2.04. The zero-order valence-electron chi connectivity index (χ0n) is 15.2. The van der Waals surface area contributed by atoms with Crippen molar-refractivity contribution in [3.63, 3.8) is 0 Å². The molecule has 0 saturated carbocycles. The summed E-state index contributed by atoms with van der Waals surface area (Å²) >= 11 is 0. The molecule has 3 aromatic rings. The van der Waals surface area contributed by atoms with Crippen LogP contribution in [0.25, 0.3) is 0 Å². The van der Waals surface area contributed by atoms with Gasteiger partial charge < -0.3 is 25.4 Å². The highest BCUT2D eigenvalue weighted by Crippen LogP contribution is 2.42. The third-order valence-electron chi connectivity index (χ3n) is 4.44. The monoisotopic (exact) mass is 363 g/mol. The molecule has 1 atom stereocenters. The summed E-state index contributed by atoms with van der Waals surface area (Å²) in [6.45, 7) is 1.97. The maximum atomic E-state index is 9.47. The number of para-hydroxylation sites is 1. The first-order valence-corrected chi connectivity index (χ1v) is 8.70. The van der Waals surface area contributed by atoms with Gasteiger partial charge in [0.15, 0.2) is 12.0 Å². The molecule has 4 rings (SSSR count). The number of aromatic nitrogens is 2. The minimum absolute atomic E-state index is 0.0807. The lowest BCUT2D eigenvalue weighted by atomic mass is 10.2. The molecule has 1 aliphatic heterocycles. The summed E-state index contributed by atoms with van der Waals surface area (Å²) in [4.78, 5) is 10.5. The first-order valence-electron chi connectivity index (χ1n) is 8.70. The van der Waals surface area contributed by atoms with E-state index in [2.05, 4.69) is 26.7 Å². The summed E-state index contributed by atoms with van der Waals surface area (Å²) in [6.07, 6.45) is 1.12. The fourth-order valence-corrected chi connectivity index (χ4v) is 3.06. The second kappa shape index (κ2) is 7.13. The third-order valence-corrected chi connectivity index (χ3v) is 4.44. The van der Waals surface area contributed by atoms with E-state index in [1.807, 2.05) is 61.3 Å². The van der Waals surface area contributed by atoms with E-state index in [1.54, 1.807) is 0 Å². The summed E-state index contributed by atoms with van der Waals surface area (Å²) in [5.41, 5.74) is 3.85. The quantitative estimate of drug-likeness (QED) is 0.641. The van der Waals surface area contributed by atoms with Gasteiger partial charge in [0, 0.05) is 18.8 Å². The summed E-state index contributed by atoms with van der Waals surface area (Å²) in [5, 5.41) is 16.0. The smallest absolute Gasteiger partial charge is 0.195 e. The number of fused-ring (bicyclic) bond motifs is 1. The number of benzene rings is 2. The van der Waals surface area contributed by atoms with Gasteiger partial charge in [-0.3, -0.25) is 0 Å². The van der Waals surface area contributed by atoms with Crippen molar-refractivity contribution in [2.75, 3.05) is 29.2 Å². The predicted octanol–water partition coefficient (Wildman–Crippen LogP) is 3.42. The van der Waals surface area contributed by atoms with Crippen molar-refractivity contribution in [1.29, 1.82) is 0 Å². The van der Waals surface area contributed by atoms with E-state index in [9.17, 15) is 5.11 Å². The van der Waals surface area contributed by atoms with Gasteiger partial charge in [0.1, 0.15) is 18.0 Å². The molecule has 0 aliphatic carbocycles. The van der Waals surface area contributed by atoms with Gasteiger partial charge in [-0.15, -0.1) is 0 Å². The van der Waals surface area contributed by atoms with Crippen molar-refractivity contribution < 1.29 is 9.84 Å². The molecular weight excluding hydrogens is 342 g/mol. The van der Waals surface area contributed by atoms with Crippen molar-refractivity contribution in [2.24, 2.45) is 0 Å². The van der Waals surface area contributed by atoms with Gasteiger partial charge in [-0.25, -0.2) is 9.97 Å². The van der Waals surface area contributed by atoms with Crippen LogP contribution < -0.4 is 20.3 Å². The Morgan fingerprint density at radius 1 is 1.07 bits per heavy atom. The van der Waals surface area contributed by atoms with Gasteiger partial charge in [0.05, 0.1) is 18.0 Å². The van der Waals surface area contributed by atoms with Crippen LogP contribution in [0.15, 0.2) is 54.9 Å². The summed E-state index contributed by atoms with van der Waals surface area (Å²) < 4.78 is 5.87. The van der Waals surface area contributed by atoms with Crippen molar-refractivity contribution in [3.05, 3.63) is 60.4 Å². The van der Waals surface area contributed by atoms with Crippen LogP contribution in [-0.2, 0) is 0 Å². The first kappa shape index (κ1) is 17.1. The van der Waals surface area contributed by atoms with Crippen LogP contribution in [0.2, 0.25) is 0 Å². The first-order chi connectivity index (χ1) is 13.1. The average molecular weight is 363 g/mol. The number of aliphatic hydroxyl groups is 1. The maximum absolute atomic E-state index is 9.47. The molecule has 7 nitrogen and oxygen atoms in total. The van der Waals surface area contributed by atoms with Crippen LogP contribution in [0.4, 0.5) is 28.7 Å². The molecular formula is C20H21N5O2. The van der Waals surface area contributed by atoms with E-state index in [0.29, 0.717) is 17.4 Å². The van der Waals surface area contributed by atoms with Crippen LogP contribution >= 0.6 is 0 Å². The molecule has 0 bridgehead atoms. The van der Waals surface area contributed by atoms with Gasteiger partial charge in [0.2, 0.25) is 0 Å². The van der Waals surface area contributed by atoms with Crippen LogP contribution in [0.3, 0.4) is 0 Å². The van der Waals surface area contributed by atoms with E-state index in [1.165, 1.54) is 11.9 Å². The van der Waals surface area contributed by atoms with Gasteiger partial charge in [-0.2, -0.15) is 0 Å². The Morgan fingerprint density at radius 3 is 2.63 bits per heavy atom. The molecule has 27 heavy (non-hydrogen) atoms. The molecule has 2 heterocycles. The number of aryl methyl sites for hydroxylation is 1. The molecule has 3 N–H and O–H groups in total. The van der Waals surface area contributed by atoms with Crippen molar-refractivity contribution in [1.82, 2.24) is 9.97 Å². The Labute approximate surface area is 157 Å². The summed E-state index contributed by atoms with van der Waals surface area (Å²) in [7, 11) is 1.89. The number of nitrogens with zero attached hydrogens (tertiary/aromatic N) is 3. The van der Waals surface area contributed by atoms with Gasteiger partial charge in [-0.05, 0) is 36.8 Å². The van der Waals surface area contributed by atoms with E-state index < -0.39 is 0 Å². The second-order valence-electron chi connectivity index (χ2n) is 6.43. The predicted molar refractivity (Wildman–Crippen MR) is 106 cm³/mol. The number of anilines is 5. The molecule has 1 aromatic heterocycles. The number of hydrogen-bond acceptors (Lipinski definition) is 7. The van der Waals surface area contributed by atoms with Gasteiger partial charge >= 0.3 is 0 Å². The molecule has 0 radical (unpaired) electrons. The van der Waals surface area contributed by atoms with E-state index in [-0.39, 0.29) is 12.8 Å². The maximum Gasteiger partial charge on any atom is 0.195 e. The Morgan fingerprint density at radius 2 is 1.85 bits per heavy atom. The topological polar surface area (TPSA) is 82.5 Å². The van der Waals surface area contributed by atoms with Gasteiger partial charge in [-0.1, -0.05) is 18.2 Å². The number of hydrogen-bond donors (Lipinski definition) is 3. The van der Waals surface area contributed by atoms with E-state index in [0.717, 1.165) is 17.1 Å². The Kier molecular flexibility index (Phi) is 4.52. The lowest BCUT2D eigenvalue weighted by Crippen LogP contribution is -2.34. The van der Waals surface area contributed by atoms with E-state index >= 15 is 0 Å². The van der Waals surface area contributed by atoms with Crippen molar-refractivity contribution >= 4 is 28.7 Å². The largest absolute Gasteiger partial charge is 0.464 e. The minimum atomic E-state index is -0.383. The Bertz CT molecular complexity index is 963. The van der Waals surface area contributed by atoms with Crippen molar-refractivity contribution in [3.8, 4) is 5.75 Å². The van der Waals surface area contributed by atoms with Crippen LogP contribution in [-0.4, -0.2) is 35.0 Å². The molecule has 2 aromatic carbocycles. The Hall–Kier alpha value is -3.32. The number of nitrogens with one attached hydrogen (secondary N) is 2. The number of likely N-dealkylation sites (N-methyl/N-ethyl adjacent to an activating group) is 1. The highest BCUT2D eigenvalue weighted by molar-refractivity contribution is 5.77. The highest BCUT2D eigenvalue weighted by Gasteiger charge is 2.29. The fourth-order valence-electron chi connectivity index (χ4n) is 3.06. The molecule has 1 unspecified atom stereocenters. The fraction of sp³-hybridized carbons (Fsp3) is 0.200. The van der Waals surface area contributed by atoms with Crippen LogP contribution in [0, 0.1) is 6.92 Å². The molecule has 0 fully saturated rings. The minimum Gasteiger partial charge on any atom is -0.464 e. The Balaban J connectivity index is 1.56. The van der Waals surface area contributed by atoms with E-state index in [4.69, 9.17) is 4.74 Å². The molecule has 7 heteroatoms. The average Bonchev–Trinajstić information content (AvgIpc) is 2.99. The number of aliphatic hydroxyl groups excluding tert-OH is 1. The zero-order chi connectivity index (χ0) is 18.8. The van der Waals surface area contributed by atoms with Gasteiger partial charge in [0.25, 0.3) is 0 Å². The lowest BCUT2D eigenvalue weighted by molar-refractivity contribution is 0.133. The molecule has 1 aliphatic rings. The third kappa shape index (κ3) is 3.50. The zero-order valence-corrected chi connectivity index (χ0v) is 15.2. The van der Waals surface area contributed by atoms with Crippen LogP contribution in [0.1, 0.15) is 5.56 Å². The molecule has 138 valence electrons.